The van der Waals surface area contributed by atoms with Crippen LogP contribution in [0.4, 0.5) is 4.79 Å². The van der Waals surface area contributed by atoms with Crippen LogP contribution in [-0.2, 0) is 20.3 Å². The minimum Gasteiger partial charge on any atom is -0.444 e. The molecular weight excluding hydrogens is 346 g/mol. The maximum absolute atomic E-state index is 12.3. The number of rotatable bonds is 5. The van der Waals surface area contributed by atoms with Gasteiger partial charge in [0.05, 0.1) is 5.75 Å². The lowest BCUT2D eigenvalue weighted by atomic mass is 10.2. The molecule has 0 aliphatic rings. The highest BCUT2D eigenvalue weighted by molar-refractivity contribution is 7.90. The van der Waals surface area contributed by atoms with Crippen LogP contribution in [0.15, 0.2) is 40.0 Å². The molecule has 0 bridgehead atoms. The van der Waals surface area contributed by atoms with Crippen molar-refractivity contribution in [2.24, 2.45) is 0 Å². The minimum atomic E-state index is -3.77. The Morgan fingerprint density at radius 3 is 2.48 bits per heavy atom. The van der Waals surface area contributed by atoms with Crippen molar-refractivity contribution < 1.29 is 22.4 Å². The summed E-state index contributed by atoms with van der Waals surface area (Å²) in [5.41, 5.74) is -0.0368. The van der Waals surface area contributed by atoms with E-state index in [1.54, 1.807) is 58.0 Å². The molecule has 0 aliphatic heterocycles. The van der Waals surface area contributed by atoms with Crippen LogP contribution in [0.25, 0.3) is 0 Å². The van der Waals surface area contributed by atoms with E-state index in [0.29, 0.717) is 5.56 Å². The van der Waals surface area contributed by atoms with E-state index in [0.717, 1.165) is 0 Å². The van der Waals surface area contributed by atoms with Gasteiger partial charge in [-0.3, -0.25) is 0 Å². The molecule has 0 fully saturated rings. The Morgan fingerprint density at radius 1 is 1.24 bits per heavy atom. The van der Waals surface area contributed by atoms with E-state index in [1.807, 2.05) is 0 Å². The fourth-order valence-electron chi connectivity index (χ4n) is 1.92. The summed E-state index contributed by atoms with van der Waals surface area (Å²) in [6.45, 7) is 6.79. The van der Waals surface area contributed by atoms with Crippen molar-refractivity contribution in [1.29, 1.82) is 0 Å². The van der Waals surface area contributed by atoms with Crippen molar-refractivity contribution in [2.45, 2.75) is 50.3 Å². The van der Waals surface area contributed by atoms with E-state index in [9.17, 15) is 13.2 Å². The number of benzene rings is 1. The van der Waals surface area contributed by atoms with Crippen molar-refractivity contribution in [1.82, 2.24) is 15.5 Å². The zero-order valence-corrected chi connectivity index (χ0v) is 15.3. The second kappa shape index (κ2) is 7.22. The Bertz CT molecular complexity index is 825. The predicted octanol–water partition coefficient (Wildman–Crippen LogP) is 2.63. The van der Waals surface area contributed by atoms with Gasteiger partial charge >= 0.3 is 11.3 Å². The number of nitrogens with one attached hydrogen (secondary N) is 1. The Morgan fingerprint density at radius 2 is 1.88 bits per heavy atom. The molecule has 1 amide bonds. The summed E-state index contributed by atoms with van der Waals surface area (Å²) in [5.74, 6) is -0.263. The van der Waals surface area contributed by atoms with Crippen LogP contribution in [-0.4, -0.2) is 30.3 Å². The van der Waals surface area contributed by atoms with E-state index in [2.05, 4.69) is 15.5 Å². The highest BCUT2D eigenvalue weighted by atomic mass is 32.2. The zero-order valence-electron chi connectivity index (χ0n) is 14.5. The van der Waals surface area contributed by atoms with Crippen molar-refractivity contribution in [3.05, 3.63) is 41.8 Å². The number of sulfone groups is 1. The first-order valence-electron chi connectivity index (χ1n) is 7.66. The van der Waals surface area contributed by atoms with Crippen LogP contribution in [0.2, 0.25) is 0 Å². The highest BCUT2D eigenvalue weighted by Gasteiger charge is 2.26. The van der Waals surface area contributed by atoms with Gasteiger partial charge in [-0.1, -0.05) is 35.4 Å². The second-order valence-corrected chi connectivity index (χ2v) is 8.39. The zero-order chi connectivity index (χ0) is 18.7. The fourth-order valence-corrected chi connectivity index (χ4v) is 3.05. The van der Waals surface area contributed by atoms with Crippen LogP contribution in [0.1, 0.15) is 45.2 Å². The van der Waals surface area contributed by atoms with Crippen molar-refractivity contribution in [3.63, 3.8) is 0 Å². The van der Waals surface area contributed by atoms with E-state index >= 15 is 0 Å². The number of aromatic nitrogens is 2. The summed E-state index contributed by atoms with van der Waals surface area (Å²) in [7, 11) is -3.77. The number of alkyl carbamates (subject to hydrolysis) is 1. The molecule has 1 aromatic carbocycles. The van der Waals surface area contributed by atoms with Gasteiger partial charge in [0.1, 0.15) is 11.6 Å². The molecular formula is C16H21N3O5S. The quantitative estimate of drug-likeness (QED) is 0.864. The normalized spacial score (nSPS) is 13.3. The maximum atomic E-state index is 12.3. The number of carbonyl (C=O) groups is 1. The molecule has 0 unspecified atom stereocenters. The molecule has 1 heterocycles. The molecule has 0 saturated carbocycles. The summed E-state index contributed by atoms with van der Waals surface area (Å²) in [6, 6.07) is 7.99. The van der Waals surface area contributed by atoms with Gasteiger partial charge < -0.3 is 14.5 Å². The van der Waals surface area contributed by atoms with Crippen LogP contribution in [0.5, 0.6) is 0 Å². The molecule has 1 N–H and O–H groups in total. The number of nitrogens with zero attached hydrogens (tertiary/aromatic N) is 2. The Hall–Kier alpha value is -2.42. The molecule has 0 radical (unpaired) electrons. The van der Waals surface area contributed by atoms with E-state index < -0.39 is 32.8 Å². The Labute approximate surface area is 146 Å². The van der Waals surface area contributed by atoms with Crippen LogP contribution in [0, 0.1) is 0 Å². The molecule has 1 aromatic heterocycles. The average molecular weight is 367 g/mol. The number of hydrogen-bond donors (Lipinski definition) is 1. The standard InChI is InChI=1S/C16H21N3O5S/c1-11(17-14(20)24-16(2,3)4)13-18-19-15(23-13)25(21,22)10-12-8-6-5-7-9-12/h5-9,11H,10H2,1-4H3,(H,17,20)/t11-/m1/s1. The molecule has 136 valence electrons. The molecule has 0 aliphatic carbocycles. The molecule has 2 aromatic rings. The average Bonchev–Trinajstić information content (AvgIpc) is 2.96. The molecule has 0 spiro atoms. The summed E-state index contributed by atoms with van der Waals surface area (Å²) >= 11 is 0. The van der Waals surface area contributed by atoms with E-state index in [-0.39, 0.29) is 11.6 Å². The van der Waals surface area contributed by atoms with Crippen LogP contribution < -0.4 is 5.32 Å². The topological polar surface area (TPSA) is 111 Å². The van der Waals surface area contributed by atoms with E-state index in [1.165, 1.54) is 0 Å². The fraction of sp³-hybridized carbons (Fsp3) is 0.438. The third-order valence-electron chi connectivity index (χ3n) is 2.99. The summed E-state index contributed by atoms with van der Waals surface area (Å²) in [6.07, 6.45) is -0.660. The van der Waals surface area contributed by atoms with Gasteiger partial charge in [-0.2, -0.15) is 0 Å². The first-order valence-corrected chi connectivity index (χ1v) is 9.32. The molecule has 1 atom stereocenters. The number of hydrogen-bond acceptors (Lipinski definition) is 7. The third-order valence-corrected chi connectivity index (χ3v) is 4.40. The lowest BCUT2D eigenvalue weighted by Crippen LogP contribution is -2.34. The van der Waals surface area contributed by atoms with Gasteiger partial charge in [-0.05, 0) is 33.3 Å². The lowest BCUT2D eigenvalue weighted by molar-refractivity contribution is 0.0500. The van der Waals surface area contributed by atoms with Crippen LogP contribution >= 0.6 is 0 Å². The highest BCUT2D eigenvalue weighted by Crippen LogP contribution is 2.19. The smallest absolute Gasteiger partial charge is 0.408 e. The van der Waals surface area contributed by atoms with Gasteiger partial charge in [0.15, 0.2) is 0 Å². The van der Waals surface area contributed by atoms with Gasteiger partial charge in [0.25, 0.3) is 0 Å². The van der Waals surface area contributed by atoms with Gasteiger partial charge in [-0.15, -0.1) is 5.10 Å². The summed E-state index contributed by atoms with van der Waals surface area (Å²) < 4.78 is 35.0. The first-order chi connectivity index (χ1) is 11.6. The second-order valence-electron chi connectivity index (χ2n) is 6.52. The SMILES string of the molecule is C[C@@H](NC(=O)OC(C)(C)C)c1nnc(S(=O)(=O)Cc2ccccc2)o1. The number of ether oxygens (including phenoxy) is 1. The van der Waals surface area contributed by atoms with Crippen LogP contribution in [0.3, 0.4) is 0 Å². The predicted molar refractivity (Wildman–Crippen MR) is 89.4 cm³/mol. The third kappa shape index (κ3) is 5.56. The van der Waals surface area contributed by atoms with Gasteiger partial charge in [0, 0.05) is 0 Å². The lowest BCUT2D eigenvalue weighted by Gasteiger charge is -2.20. The molecule has 25 heavy (non-hydrogen) atoms. The monoisotopic (exact) mass is 367 g/mol. The molecule has 8 nitrogen and oxygen atoms in total. The molecule has 2 rings (SSSR count). The van der Waals surface area contributed by atoms with Crippen molar-refractivity contribution >= 4 is 15.9 Å². The summed E-state index contributed by atoms with van der Waals surface area (Å²) in [5, 5.41) is 9.33. The Kier molecular flexibility index (Phi) is 5.46. The largest absolute Gasteiger partial charge is 0.444 e. The first kappa shape index (κ1) is 18.9. The van der Waals surface area contributed by atoms with E-state index in [4.69, 9.17) is 9.15 Å². The Balaban J connectivity index is 2.07. The van der Waals surface area contributed by atoms with Crippen molar-refractivity contribution in [3.8, 4) is 0 Å². The van der Waals surface area contributed by atoms with Crippen molar-refractivity contribution in [2.75, 3.05) is 0 Å². The molecule has 9 heteroatoms. The number of amides is 1. The minimum absolute atomic E-state index is 0.0162. The summed E-state index contributed by atoms with van der Waals surface area (Å²) in [4.78, 5) is 11.7. The number of carbonyl (C=O) groups excluding carboxylic acids is 1. The maximum Gasteiger partial charge on any atom is 0.408 e. The van der Waals surface area contributed by atoms with Gasteiger partial charge in [0.2, 0.25) is 15.7 Å². The van der Waals surface area contributed by atoms with Gasteiger partial charge in [-0.25, -0.2) is 13.2 Å². The molecule has 0 saturated heterocycles.